The second-order valence-corrected chi connectivity index (χ2v) is 5.56. The van der Waals surface area contributed by atoms with Crippen LogP contribution in [0.2, 0.25) is 5.02 Å². The summed E-state index contributed by atoms with van der Waals surface area (Å²) in [5.74, 6) is 1.33. The molecule has 1 saturated heterocycles. The number of hydrogen-bond acceptors (Lipinski definition) is 5. The molecule has 0 aliphatic carbocycles. The lowest BCUT2D eigenvalue weighted by molar-refractivity contribution is -0.0209. The number of benzene rings is 1. The predicted molar refractivity (Wildman–Crippen MR) is 76.4 cm³/mol. The molecule has 0 saturated carbocycles. The zero-order chi connectivity index (χ0) is 14.1. The molecule has 110 valence electrons. The van der Waals surface area contributed by atoms with Crippen LogP contribution in [-0.2, 0) is 4.74 Å². The molecule has 5 nitrogen and oxygen atoms in total. The van der Waals surface area contributed by atoms with Gasteiger partial charge in [-0.2, -0.15) is 0 Å². The second-order valence-electron chi connectivity index (χ2n) is 5.15. The van der Waals surface area contributed by atoms with E-state index in [1.54, 1.807) is 0 Å². The van der Waals surface area contributed by atoms with Gasteiger partial charge in [0.15, 0.2) is 11.5 Å². The Balaban J connectivity index is 1.91. The molecule has 2 heterocycles. The van der Waals surface area contributed by atoms with Crippen LogP contribution < -0.4 is 15.2 Å². The van der Waals surface area contributed by atoms with E-state index in [2.05, 4.69) is 11.8 Å². The summed E-state index contributed by atoms with van der Waals surface area (Å²) in [7, 11) is 0. The van der Waals surface area contributed by atoms with Crippen LogP contribution in [0.3, 0.4) is 0 Å². The number of fused-ring (bicyclic) bond motifs is 1. The number of halogens is 1. The van der Waals surface area contributed by atoms with Crippen LogP contribution in [0, 0.1) is 0 Å². The van der Waals surface area contributed by atoms with E-state index >= 15 is 0 Å². The minimum Gasteiger partial charge on any atom is -0.454 e. The molecule has 1 aromatic rings. The first-order chi connectivity index (χ1) is 9.70. The van der Waals surface area contributed by atoms with E-state index in [1.165, 1.54) is 0 Å². The molecule has 2 N–H and O–H groups in total. The Hall–Kier alpha value is -1.01. The van der Waals surface area contributed by atoms with Crippen LogP contribution >= 0.6 is 11.6 Å². The summed E-state index contributed by atoms with van der Waals surface area (Å²) >= 11 is 6.26. The third-order valence-corrected chi connectivity index (χ3v) is 4.16. The monoisotopic (exact) mass is 298 g/mol. The lowest BCUT2D eigenvalue weighted by Crippen LogP contribution is -2.47. The van der Waals surface area contributed by atoms with Gasteiger partial charge in [0.1, 0.15) is 0 Å². The summed E-state index contributed by atoms with van der Waals surface area (Å²) in [6.45, 7) is 5.24. The standard InChI is InChI=1S/C14H19ClN2O3/c1-9-7-18-3-2-17(9)12(6-16)10-4-11(15)14-13(5-10)19-8-20-14/h4-5,9,12H,2-3,6-8,16H2,1H3. The van der Waals surface area contributed by atoms with Gasteiger partial charge >= 0.3 is 0 Å². The average molecular weight is 299 g/mol. The summed E-state index contributed by atoms with van der Waals surface area (Å²) in [6, 6.07) is 4.35. The molecule has 1 fully saturated rings. The van der Waals surface area contributed by atoms with Gasteiger partial charge in [0.2, 0.25) is 6.79 Å². The van der Waals surface area contributed by atoms with Crippen LogP contribution in [0.15, 0.2) is 12.1 Å². The van der Waals surface area contributed by atoms with Crippen molar-refractivity contribution >= 4 is 11.6 Å². The Kier molecular flexibility index (Phi) is 4.03. The number of nitrogens with zero attached hydrogens (tertiary/aromatic N) is 1. The van der Waals surface area contributed by atoms with Crippen molar-refractivity contribution in [3.63, 3.8) is 0 Å². The molecule has 2 unspecified atom stereocenters. The van der Waals surface area contributed by atoms with Crippen LogP contribution in [0.25, 0.3) is 0 Å². The molecule has 0 aromatic heterocycles. The molecule has 2 aliphatic rings. The van der Waals surface area contributed by atoms with Gasteiger partial charge in [-0.05, 0) is 24.6 Å². The smallest absolute Gasteiger partial charge is 0.231 e. The summed E-state index contributed by atoms with van der Waals surface area (Å²) in [4.78, 5) is 2.36. The van der Waals surface area contributed by atoms with E-state index in [9.17, 15) is 0 Å². The number of nitrogens with two attached hydrogens (primary N) is 1. The van der Waals surface area contributed by atoms with E-state index in [4.69, 9.17) is 31.5 Å². The van der Waals surface area contributed by atoms with Crippen molar-refractivity contribution in [2.75, 3.05) is 33.1 Å². The van der Waals surface area contributed by atoms with Gasteiger partial charge in [0.05, 0.1) is 18.2 Å². The fourth-order valence-electron chi connectivity index (χ4n) is 2.85. The molecule has 0 spiro atoms. The van der Waals surface area contributed by atoms with Crippen molar-refractivity contribution in [2.24, 2.45) is 5.73 Å². The molecule has 6 heteroatoms. The van der Waals surface area contributed by atoms with Crippen molar-refractivity contribution in [3.8, 4) is 11.5 Å². The minimum atomic E-state index is 0.112. The Labute approximate surface area is 123 Å². The highest BCUT2D eigenvalue weighted by Gasteiger charge is 2.29. The fourth-order valence-corrected chi connectivity index (χ4v) is 3.12. The highest BCUT2D eigenvalue weighted by atomic mass is 35.5. The summed E-state index contributed by atoms with van der Waals surface area (Å²) in [5, 5.41) is 0.578. The largest absolute Gasteiger partial charge is 0.454 e. The molecule has 0 bridgehead atoms. The van der Waals surface area contributed by atoms with Crippen LogP contribution in [0.4, 0.5) is 0 Å². The van der Waals surface area contributed by atoms with Crippen LogP contribution in [0.1, 0.15) is 18.5 Å². The minimum absolute atomic E-state index is 0.112. The van der Waals surface area contributed by atoms with Crippen molar-refractivity contribution in [1.29, 1.82) is 0 Å². The van der Waals surface area contributed by atoms with Gasteiger partial charge in [-0.3, -0.25) is 4.90 Å². The lowest BCUT2D eigenvalue weighted by atomic mass is 10.0. The zero-order valence-corrected chi connectivity index (χ0v) is 12.2. The number of hydrogen-bond donors (Lipinski definition) is 1. The molecule has 2 atom stereocenters. The maximum Gasteiger partial charge on any atom is 0.231 e. The zero-order valence-electron chi connectivity index (χ0n) is 11.5. The molecule has 3 rings (SSSR count). The molecule has 2 aliphatic heterocycles. The normalized spacial score (nSPS) is 23.9. The van der Waals surface area contributed by atoms with Crippen molar-refractivity contribution in [1.82, 2.24) is 4.90 Å². The van der Waals surface area contributed by atoms with Crippen molar-refractivity contribution in [2.45, 2.75) is 19.0 Å². The molecule has 0 radical (unpaired) electrons. The first-order valence-electron chi connectivity index (χ1n) is 6.83. The second kappa shape index (κ2) is 5.77. The van der Waals surface area contributed by atoms with Gasteiger partial charge in [-0.15, -0.1) is 0 Å². The Bertz CT molecular complexity index is 498. The summed E-state index contributed by atoms with van der Waals surface area (Å²) in [6.07, 6.45) is 0. The number of ether oxygens (including phenoxy) is 3. The van der Waals surface area contributed by atoms with Gasteiger partial charge in [-0.1, -0.05) is 11.6 Å². The Morgan fingerprint density at radius 1 is 1.45 bits per heavy atom. The molecular weight excluding hydrogens is 280 g/mol. The SMILES string of the molecule is CC1COCCN1C(CN)c1cc(Cl)c2c(c1)OCO2. The highest BCUT2D eigenvalue weighted by Crippen LogP contribution is 2.42. The lowest BCUT2D eigenvalue weighted by Gasteiger charge is -2.39. The molecular formula is C14H19ClN2O3. The van der Waals surface area contributed by atoms with E-state index < -0.39 is 0 Å². The predicted octanol–water partition coefficient (Wildman–Crippen LogP) is 1.79. The van der Waals surface area contributed by atoms with Crippen molar-refractivity contribution < 1.29 is 14.2 Å². The van der Waals surface area contributed by atoms with Gasteiger partial charge in [0.25, 0.3) is 0 Å². The maximum atomic E-state index is 6.26. The Morgan fingerprint density at radius 2 is 2.30 bits per heavy atom. The third-order valence-electron chi connectivity index (χ3n) is 3.88. The van der Waals surface area contributed by atoms with E-state index in [1.807, 2.05) is 12.1 Å². The molecule has 0 amide bonds. The Morgan fingerprint density at radius 3 is 3.05 bits per heavy atom. The van der Waals surface area contributed by atoms with Crippen LogP contribution in [0.5, 0.6) is 11.5 Å². The first kappa shape index (κ1) is 13.9. The molecule has 20 heavy (non-hydrogen) atoms. The summed E-state index contributed by atoms with van der Waals surface area (Å²) < 4.78 is 16.3. The number of rotatable bonds is 3. The van der Waals surface area contributed by atoms with Gasteiger partial charge in [0, 0.05) is 25.2 Å². The maximum absolute atomic E-state index is 6.26. The average Bonchev–Trinajstić information content (AvgIpc) is 2.91. The highest BCUT2D eigenvalue weighted by molar-refractivity contribution is 6.32. The third kappa shape index (κ3) is 2.46. The summed E-state index contributed by atoms with van der Waals surface area (Å²) in [5.41, 5.74) is 7.06. The van der Waals surface area contributed by atoms with Crippen molar-refractivity contribution in [3.05, 3.63) is 22.7 Å². The van der Waals surface area contributed by atoms with Gasteiger partial charge in [-0.25, -0.2) is 0 Å². The van der Waals surface area contributed by atoms with E-state index in [0.717, 1.165) is 25.3 Å². The van der Waals surface area contributed by atoms with E-state index in [-0.39, 0.29) is 12.8 Å². The van der Waals surface area contributed by atoms with E-state index in [0.29, 0.717) is 29.1 Å². The topological polar surface area (TPSA) is 57.0 Å². The van der Waals surface area contributed by atoms with Gasteiger partial charge < -0.3 is 19.9 Å². The quantitative estimate of drug-likeness (QED) is 0.922. The van der Waals surface area contributed by atoms with Crippen LogP contribution in [-0.4, -0.2) is 44.0 Å². The first-order valence-corrected chi connectivity index (χ1v) is 7.21. The number of morpholine rings is 1. The molecule has 1 aromatic carbocycles. The fraction of sp³-hybridized carbons (Fsp3) is 0.571.